The Bertz CT molecular complexity index is 704. The fourth-order valence-corrected chi connectivity index (χ4v) is 5.76. The molecule has 0 radical (unpaired) electrons. The van der Waals surface area contributed by atoms with E-state index in [9.17, 15) is 9.18 Å². The van der Waals surface area contributed by atoms with E-state index in [2.05, 4.69) is 11.5 Å². The van der Waals surface area contributed by atoms with Crippen LogP contribution in [0.15, 0.2) is 40.8 Å². The van der Waals surface area contributed by atoms with E-state index in [1.165, 1.54) is 11.8 Å². The number of hydrazine groups is 1. The molecule has 3 unspecified atom stereocenters. The van der Waals surface area contributed by atoms with Crippen LogP contribution in [0.3, 0.4) is 0 Å². The highest BCUT2D eigenvalue weighted by Gasteiger charge is 2.64. The highest BCUT2D eigenvalue weighted by Crippen LogP contribution is 2.59. The highest BCUT2D eigenvalue weighted by molar-refractivity contribution is 8.13. The summed E-state index contributed by atoms with van der Waals surface area (Å²) in [6.07, 6.45) is 9.30. The normalized spacial score (nSPS) is 35.8. The number of halogens is 1. The molecule has 7 heteroatoms. The van der Waals surface area contributed by atoms with Gasteiger partial charge in [0.25, 0.3) is 0 Å². The van der Waals surface area contributed by atoms with E-state index in [4.69, 9.17) is 9.73 Å². The number of Topliss-reactive ketones (excluding diaryl/α,β-unsaturated/α-hetero) is 1. The minimum atomic E-state index is -0.645. The van der Waals surface area contributed by atoms with E-state index in [-0.39, 0.29) is 23.9 Å². The van der Waals surface area contributed by atoms with Gasteiger partial charge in [0, 0.05) is 32.4 Å². The average molecular weight is 363 g/mol. The van der Waals surface area contributed by atoms with Crippen LogP contribution in [0.1, 0.15) is 19.3 Å². The maximum absolute atomic E-state index is 14.3. The van der Waals surface area contributed by atoms with Crippen LogP contribution in [0, 0.1) is 5.92 Å². The Labute approximate surface area is 151 Å². The van der Waals surface area contributed by atoms with E-state index in [0.29, 0.717) is 19.6 Å². The van der Waals surface area contributed by atoms with Crippen LogP contribution >= 0.6 is 11.8 Å². The number of allylic oxidation sites excluding steroid dienone is 2. The summed E-state index contributed by atoms with van der Waals surface area (Å²) in [7, 11) is 1.69. The maximum atomic E-state index is 14.3. The topological polar surface area (TPSA) is 53.9 Å². The number of nitrogens with zero attached hydrogens (tertiary/aromatic N) is 2. The van der Waals surface area contributed by atoms with Crippen LogP contribution in [-0.4, -0.2) is 53.4 Å². The molecule has 5 nitrogen and oxygen atoms in total. The van der Waals surface area contributed by atoms with Crippen molar-refractivity contribution in [2.45, 2.75) is 29.5 Å². The number of rotatable bonds is 5. The summed E-state index contributed by atoms with van der Waals surface area (Å²) in [5.74, 6) is -0.555. The summed E-state index contributed by atoms with van der Waals surface area (Å²) in [6, 6.07) is 0. The molecule has 0 fully saturated rings. The predicted octanol–water partition coefficient (Wildman–Crippen LogP) is 2.38. The van der Waals surface area contributed by atoms with Gasteiger partial charge in [-0.1, -0.05) is 17.8 Å². The fourth-order valence-electron chi connectivity index (χ4n) is 4.34. The van der Waals surface area contributed by atoms with Crippen molar-refractivity contribution in [3.63, 3.8) is 0 Å². The SMILES string of the molecule is COCCCNN1C=CC2=CCC3C(=O)CC(F)=CC34SC=NC24C1. The lowest BCUT2D eigenvalue weighted by Gasteiger charge is -2.53. The summed E-state index contributed by atoms with van der Waals surface area (Å²) in [6.45, 7) is 2.06. The zero-order valence-electron chi connectivity index (χ0n) is 14.2. The Balaban J connectivity index is 1.66. The molecule has 0 saturated carbocycles. The number of thioether (sulfide) groups is 1. The molecule has 0 aromatic heterocycles. The van der Waals surface area contributed by atoms with Gasteiger partial charge in [0.1, 0.15) is 17.1 Å². The lowest BCUT2D eigenvalue weighted by Crippen LogP contribution is -2.64. The third-order valence-electron chi connectivity index (χ3n) is 5.51. The number of methoxy groups -OCH3 is 1. The molecule has 3 atom stereocenters. The van der Waals surface area contributed by atoms with Crippen LogP contribution in [0.4, 0.5) is 4.39 Å². The summed E-state index contributed by atoms with van der Waals surface area (Å²) in [5.41, 5.74) is 5.64. The van der Waals surface area contributed by atoms with Crippen molar-refractivity contribution in [1.82, 2.24) is 10.4 Å². The molecule has 4 aliphatic rings. The van der Waals surface area contributed by atoms with Crippen LogP contribution < -0.4 is 5.43 Å². The summed E-state index contributed by atoms with van der Waals surface area (Å²) in [4.78, 5) is 17.3. The molecule has 0 saturated heterocycles. The van der Waals surface area contributed by atoms with Crippen molar-refractivity contribution in [1.29, 1.82) is 0 Å². The van der Waals surface area contributed by atoms with E-state index in [1.54, 1.807) is 18.7 Å². The third kappa shape index (κ3) is 2.52. The monoisotopic (exact) mass is 363 g/mol. The second kappa shape index (κ2) is 6.37. The lowest BCUT2D eigenvalue weighted by molar-refractivity contribution is -0.124. The van der Waals surface area contributed by atoms with E-state index in [1.807, 2.05) is 17.3 Å². The Morgan fingerprint density at radius 2 is 2.44 bits per heavy atom. The molecule has 1 N–H and O–H groups in total. The quantitative estimate of drug-likeness (QED) is 0.760. The molecule has 0 amide bonds. The molecular formula is C18H22FN3O2S. The molecule has 2 aliphatic heterocycles. The van der Waals surface area contributed by atoms with E-state index in [0.717, 1.165) is 18.5 Å². The first-order chi connectivity index (χ1) is 12.1. The van der Waals surface area contributed by atoms with Crippen LogP contribution in [0.25, 0.3) is 0 Å². The van der Waals surface area contributed by atoms with Gasteiger partial charge < -0.3 is 9.75 Å². The number of ketones is 1. The molecule has 2 spiro atoms. The molecule has 0 aromatic rings. The number of carbonyl (C=O) groups is 1. The Morgan fingerprint density at radius 3 is 3.28 bits per heavy atom. The van der Waals surface area contributed by atoms with Crippen LogP contribution in [0.5, 0.6) is 0 Å². The van der Waals surface area contributed by atoms with Crippen molar-refractivity contribution < 1.29 is 13.9 Å². The molecule has 134 valence electrons. The number of ether oxygens (including phenoxy) is 1. The first-order valence-corrected chi connectivity index (χ1v) is 9.49. The van der Waals surface area contributed by atoms with Crippen LogP contribution in [0.2, 0.25) is 0 Å². The van der Waals surface area contributed by atoms with Gasteiger partial charge in [-0.3, -0.25) is 9.79 Å². The second-order valence-electron chi connectivity index (χ2n) is 6.89. The zero-order valence-corrected chi connectivity index (χ0v) is 15.0. The largest absolute Gasteiger partial charge is 0.385 e. The van der Waals surface area contributed by atoms with Gasteiger partial charge in [-0.15, -0.1) is 0 Å². The molecular weight excluding hydrogens is 341 g/mol. The lowest BCUT2D eigenvalue weighted by atomic mass is 9.61. The van der Waals surface area contributed by atoms with Gasteiger partial charge in [0.05, 0.1) is 23.3 Å². The van der Waals surface area contributed by atoms with E-state index < -0.39 is 10.3 Å². The van der Waals surface area contributed by atoms with Gasteiger partial charge in [-0.25, -0.2) is 9.82 Å². The molecule has 2 aliphatic carbocycles. The number of hydrogen-bond donors (Lipinski definition) is 1. The van der Waals surface area contributed by atoms with Gasteiger partial charge in [-0.05, 0) is 30.6 Å². The Kier molecular flexibility index (Phi) is 4.33. The standard InChI is InChI=1S/C18H22FN3O2S/c1-24-8-2-6-21-22-7-5-13-3-4-15-16(23)9-14(19)10-18(15)17(13,11-22)20-12-25-18/h3,5,7,10,12,15,21H,2,4,6,8-9,11H2,1H3. The maximum Gasteiger partial charge on any atom is 0.144 e. The number of nitrogens with one attached hydrogen (secondary N) is 1. The zero-order chi connectivity index (χ0) is 17.5. The molecule has 0 bridgehead atoms. The van der Waals surface area contributed by atoms with Gasteiger partial charge in [-0.2, -0.15) is 0 Å². The first-order valence-electron chi connectivity index (χ1n) is 8.61. The first kappa shape index (κ1) is 17.0. The minimum absolute atomic E-state index is 0.0122. The number of hydrogen-bond acceptors (Lipinski definition) is 6. The summed E-state index contributed by atoms with van der Waals surface area (Å²) < 4.78 is 18.7. The Morgan fingerprint density at radius 1 is 1.56 bits per heavy atom. The van der Waals surface area contributed by atoms with Crippen LogP contribution in [-0.2, 0) is 9.53 Å². The van der Waals surface area contributed by atoms with Gasteiger partial charge >= 0.3 is 0 Å². The third-order valence-corrected chi connectivity index (χ3v) is 6.85. The fraction of sp³-hybridized carbons (Fsp3) is 0.556. The minimum Gasteiger partial charge on any atom is -0.385 e. The predicted molar refractivity (Wildman–Crippen MR) is 96.9 cm³/mol. The number of carbonyl (C=O) groups excluding carboxylic acids is 1. The van der Waals surface area contributed by atoms with Gasteiger partial charge in [0.2, 0.25) is 0 Å². The van der Waals surface area contributed by atoms with Crippen molar-refractivity contribution in [3.05, 3.63) is 35.8 Å². The van der Waals surface area contributed by atoms with Crippen molar-refractivity contribution in [2.24, 2.45) is 10.9 Å². The molecule has 2 heterocycles. The number of aliphatic imine (C=N–C) groups is 1. The summed E-state index contributed by atoms with van der Waals surface area (Å²) >= 11 is 1.50. The van der Waals surface area contributed by atoms with E-state index >= 15 is 0 Å². The average Bonchev–Trinajstić information content (AvgIpc) is 2.94. The van der Waals surface area contributed by atoms with Crippen molar-refractivity contribution in [3.8, 4) is 0 Å². The molecule has 4 rings (SSSR count). The van der Waals surface area contributed by atoms with Crippen molar-refractivity contribution in [2.75, 3.05) is 26.8 Å². The summed E-state index contributed by atoms with van der Waals surface area (Å²) in [5, 5.41) is 2.01. The molecule has 25 heavy (non-hydrogen) atoms. The van der Waals surface area contributed by atoms with Crippen molar-refractivity contribution >= 4 is 23.1 Å². The Hall–Kier alpha value is -1.44. The van der Waals surface area contributed by atoms with Gasteiger partial charge in [0.15, 0.2) is 0 Å². The smallest absolute Gasteiger partial charge is 0.144 e. The highest BCUT2D eigenvalue weighted by atomic mass is 32.2. The second-order valence-corrected chi connectivity index (χ2v) is 8.01. The molecule has 0 aromatic carbocycles.